The van der Waals surface area contributed by atoms with Crippen LogP contribution in [0.5, 0.6) is 5.75 Å². The van der Waals surface area contributed by atoms with Crippen molar-refractivity contribution in [1.29, 1.82) is 0 Å². The molecular weight excluding hydrogens is 266 g/mol. The molecule has 1 aliphatic heterocycles. The van der Waals surface area contributed by atoms with E-state index in [1.165, 1.54) is 32.9 Å². The second kappa shape index (κ2) is 8.03. The molecule has 2 rings (SSSR count). The van der Waals surface area contributed by atoms with E-state index in [2.05, 4.69) is 16.6 Å². The van der Waals surface area contributed by atoms with Crippen LogP contribution in [-0.2, 0) is 4.74 Å². The molecule has 1 unspecified atom stereocenters. The fourth-order valence-corrected chi connectivity index (χ4v) is 2.75. The number of carbonyl (C=O) groups excluding carboxylic acids is 1. The van der Waals surface area contributed by atoms with Crippen LogP contribution in [0.2, 0.25) is 0 Å². The highest BCUT2D eigenvalue weighted by Gasteiger charge is 2.17. The SMILES string of the molecule is COC(=O)c1ccc(OCCCN2CCCCC2C)cc1. The summed E-state index contributed by atoms with van der Waals surface area (Å²) in [6, 6.07) is 7.80. The number of carbonyl (C=O) groups is 1. The van der Waals surface area contributed by atoms with E-state index in [0.717, 1.165) is 18.7 Å². The third-order valence-electron chi connectivity index (χ3n) is 4.07. The maximum absolute atomic E-state index is 11.3. The topological polar surface area (TPSA) is 38.8 Å². The zero-order valence-electron chi connectivity index (χ0n) is 13.0. The Kier molecular flexibility index (Phi) is 6.05. The normalized spacial score (nSPS) is 19.2. The van der Waals surface area contributed by atoms with Crippen molar-refractivity contribution < 1.29 is 14.3 Å². The Morgan fingerprint density at radius 3 is 2.71 bits per heavy atom. The second-order valence-corrected chi connectivity index (χ2v) is 5.60. The van der Waals surface area contributed by atoms with Crippen LogP contribution >= 0.6 is 0 Å². The fourth-order valence-electron chi connectivity index (χ4n) is 2.75. The Morgan fingerprint density at radius 2 is 2.05 bits per heavy atom. The molecule has 1 atom stereocenters. The van der Waals surface area contributed by atoms with Crippen LogP contribution in [0.1, 0.15) is 43.0 Å². The van der Waals surface area contributed by atoms with Gasteiger partial charge in [0.15, 0.2) is 0 Å². The van der Waals surface area contributed by atoms with Gasteiger partial charge in [-0.2, -0.15) is 0 Å². The average molecular weight is 291 g/mol. The van der Waals surface area contributed by atoms with Gasteiger partial charge >= 0.3 is 5.97 Å². The maximum atomic E-state index is 11.3. The smallest absolute Gasteiger partial charge is 0.337 e. The molecule has 4 nitrogen and oxygen atoms in total. The van der Waals surface area contributed by atoms with Crippen molar-refractivity contribution in [1.82, 2.24) is 4.90 Å². The molecule has 1 aliphatic rings. The molecule has 4 heteroatoms. The first-order valence-electron chi connectivity index (χ1n) is 7.76. The third-order valence-corrected chi connectivity index (χ3v) is 4.07. The summed E-state index contributed by atoms with van der Waals surface area (Å²) < 4.78 is 10.4. The summed E-state index contributed by atoms with van der Waals surface area (Å²) in [4.78, 5) is 13.9. The predicted molar refractivity (Wildman–Crippen MR) is 82.8 cm³/mol. The number of hydrogen-bond acceptors (Lipinski definition) is 4. The van der Waals surface area contributed by atoms with Gasteiger partial charge in [-0.3, -0.25) is 0 Å². The van der Waals surface area contributed by atoms with E-state index < -0.39 is 0 Å². The molecule has 1 fully saturated rings. The quantitative estimate of drug-likeness (QED) is 0.596. The highest BCUT2D eigenvalue weighted by molar-refractivity contribution is 5.89. The summed E-state index contributed by atoms with van der Waals surface area (Å²) >= 11 is 0. The lowest BCUT2D eigenvalue weighted by molar-refractivity contribution is 0.0600. The monoisotopic (exact) mass is 291 g/mol. The van der Waals surface area contributed by atoms with Gasteiger partial charge in [0, 0.05) is 12.6 Å². The van der Waals surface area contributed by atoms with E-state index >= 15 is 0 Å². The minimum absolute atomic E-state index is 0.319. The van der Waals surface area contributed by atoms with Gasteiger partial charge < -0.3 is 14.4 Å². The van der Waals surface area contributed by atoms with E-state index in [1.807, 2.05) is 12.1 Å². The number of ether oxygens (including phenoxy) is 2. The molecule has 0 N–H and O–H groups in total. The van der Waals surface area contributed by atoms with Gasteiger partial charge in [-0.05, 0) is 57.0 Å². The van der Waals surface area contributed by atoms with Crippen molar-refractivity contribution in [3.05, 3.63) is 29.8 Å². The lowest BCUT2D eigenvalue weighted by Gasteiger charge is -2.33. The summed E-state index contributed by atoms with van der Waals surface area (Å²) in [6.07, 6.45) is 5.03. The Morgan fingerprint density at radius 1 is 1.29 bits per heavy atom. The number of likely N-dealkylation sites (tertiary alicyclic amines) is 1. The van der Waals surface area contributed by atoms with Crippen molar-refractivity contribution in [2.24, 2.45) is 0 Å². The van der Waals surface area contributed by atoms with Gasteiger partial charge in [0.05, 0.1) is 19.3 Å². The number of esters is 1. The summed E-state index contributed by atoms with van der Waals surface area (Å²) in [7, 11) is 1.38. The predicted octanol–water partition coefficient (Wildman–Crippen LogP) is 3.12. The molecule has 1 saturated heterocycles. The van der Waals surface area contributed by atoms with Gasteiger partial charge in [0.1, 0.15) is 5.75 Å². The number of benzene rings is 1. The molecule has 0 spiro atoms. The number of hydrogen-bond donors (Lipinski definition) is 0. The van der Waals surface area contributed by atoms with Crippen LogP contribution in [-0.4, -0.2) is 43.7 Å². The molecule has 0 aliphatic carbocycles. The van der Waals surface area contributed by atoms with Crippen molar-refractivity contribution in [3.8, 4) is 5.75 Å². The van der Waals surface area contributed by atoms with Crippen molar-refractivity contribution in [2.75, 3.05) is 26.8 Å². The van der Waals surface area contributed by atoms with Crippen LogP contribution < -0.4 is 4.74 Å². The first-order valence-corrected chi connectivity index (χ1v) is 7.76. The Hall–Kier alpha value is -1.55. The highest BCUT2D eigenvalue weighted by Crippen LogP contribution is 2.17. The summed E-state index contributed by atoms with van der Waals surface area (Å²) in [5.74, 6) is 0.481. The van der Waals surface area contributed by atoms with Gasteiger partial charge in [0.25, 0.3) is 0 Å². The van der Waals surface area contributed by atoms with Crippen LogP contribution in [0.4, 0.5) is 0 Å². The standard InChI is InChI=1S/C17H25NO3/c1-14-6-3-4-11-18(14)12-5-13-21-16-9-7-15(8-10-16)17(19)20-2/h7-10,14H,3-6,11-13H2,1-2H3. The number of methoxy groups -OCH3 is 1. The van der Waals surface area contributed by atoms with Crippen molar-refractivity contribution in [2.45, 2.75) is 38.6 Å². The van der Waals surface area contributed by atoms with E-state index in [1.54, 1.807) is 12.1 Å². The minimum Gasteiger partial charge on any atom is -0.494 e. The molecule has 0 radical (unpaired) electrons. The molecule has 0 saturated carbocycles. The lowest BCUT2D eigenvalue weighted by Crippen LogP contribution is -2.38. The van der Waals surface area contributed by atoms with Crippen LogP contribution in [0.15, 0.2) is 24.3 Å². The van der Waals surface area contributed by atoms with Gasteiger partial charge in [-0.1, -0.05) is 6.42 Å². The van der Waals surface area contributed by atoms with Crippen molar-refractivity contribution in [3.63, 3.8) is 0 Å². The Labute approximate surface area is 127 Å². The highest BCUT2D eigenvalue weighted by atomic mass is 16.5. The van der Waals surface area contributed by atoms with Crippen LogP contribution in [0.3, 0.4) is 0 Å². The summed E-state index contributed by atoms with van der Waals surface area (Å²) in [5, 5.41) is 0. The zero-order chi connectivity index (χ0) is 15.1. The lowest BCUT2D eigenvalue weighted by atomic mass is 10.0. The molecule has 1 aromatic rings. The van der Waals surface area contributed by atoms with Gasteiger partial charge in [-0.25, -0.2) is 4.79 Å². The average Bonchev–Trinajstić information content (AvgIpc) is 2.53. The van der Waals surface area contributed by atoms with Crippen LogP contribution in [0, 0.1) is 0 Å². The third kappa shape index (κ3) is 4.74. The van der Waals surface area contributed by atoms with E-state index in [-0.39, 0.29) is 5.97 Å². The number of piperidine rings is 1. The first-order chi connectivity index (χ1) is 10.2. The van der Waals surface area contributed by atoms with E-state index in [4.69, 9.17) is 4.74 Å². The Bertz CT molecular complexity index is 444. The fraction of sp³-hybridized carbons (Fsp3) is 0.588. The molecule has 0 aromatic heterocycles. The molecule has 116 valence electrons. The zero-order valence-corrected chi connectivity index (χ0v) is 13.0. The first kappa shape index (κ1) is 15.8. The van der Waals surface area contributed by atoms with E-state index in [9.17, 15) is 4.79 Å². The molecule has 1 heterocycles. The second-order valence-electron chi connectivity index (χ2n) is 5.60. The molecule has 21 heavy (non-hydrogen) atoms. The minimum atomic E-state index is -0.319. The summed E-state index contributed by atoms with van der Waals surface area (Å²) in [6.45, 7) is 5.34. The number of rotatable bonds is 6. The number of nitrogens with zero attached hydrogens (tertiary/aromatic N) is 1. The Balaban J connectivity index is 1.69. The summed E-state index contributed by atoms with van der Waals surface area (Å²) in [5.41, 5.74) is 0.548. The van der Waals surface area contributed by atoms with Gasteiger partial charge in [0.2, 0.25) is 0 Å². The maximum Gasteiger partial charge on any atom is 0.337 e. The van der Waals surface area contributed by atoms with Crippen molar-refractivity contribution >= 4 is 5.97 Å². The van der Waals surface area contributed by atoms with Crippen LogP contribution in [0.25, 0.3) is 0 Å². The van der Waals surface area contributed by atoms with Gasteiger partial charge in [-0.15, -0.1) is 0 Å². The van der Waals surface area contributed by atoms with E-state index in [0.29, 0.717) is 18.2 Å². The molecular formula is C17H25NO3. The molecule has 0 amide bonds. The molecule has 1 aromatic carbocycles. The molecule has 0 bridgehead atoms. The largest absolute Gasteiger partial charge is 0.494 e.